The Kier molecular flexibility index (Phi) is 11.9. The molecule has 48 heavy (non-hydrogen) atoms. The third kappa shape index (κ3) is 9.35. The molecule has 13 heteroatoms. The number of carbonyl (C=O) groups is 2. The van der Waals surface area contributed by atoms with Crippen LogP contribution in [0.1, 0.15) is 78.1 Å². The number of nitrogens with one attached hydrogen (secondary N) is 2. The van der Waals surface area contributed by atoms with Crippen LogP contribution in [0.15, 0.2) is 76.4 Å². The normalized spacial score (nSPS) is 11.7. The maximum absolute atomic E-state index is 13.8. The van der Waals surface area contributed by atoms with Gasteiger partial charge in [-0.05, 0) is 69.0 Å². The molecule has 0 saturated heterocycles. The standard InChI is InChI=1S/C35H42ClN5O6S/c1-6-8-14-31-38-41(29-22-26(20-21-28(29)36)37-32(42)15-9-7-2)34(44)40(31)23-24-16-18-25(19-17-24)27-12-10-11-13-30(27)48(45,46)39-33(43)47-35(3,4)5/h10-13,16-22H,6-9,14-15,23H2,1-5H3,(H,37,42)(H,39,43). The van der Waals surface area contributed by atoms with E-state index in [1.54, 1.807) is 73.9 Å². The van der Waals surface area contributed by atoms with Crippen molar-refractivity contribution in [2.75, 3.05) is 5.32 Å². The molecule has 4 aromatic rings. The van der Waals surface area contributed by atoms with Crippen molar-refractivity contribution in [1.29, 1.82) is 0 Å². The maximum Gasteiger partial charge on any atom is 0.421 e. The zero-order valence-electron chi connectivity index (χ0n) is 27.9. The predicted molar refractivity (Wildman–Crippen MR) is 187 cm³/mol. The molecule has 4 rings (SSSR count). The number of ether oxygens (including phenoxy) is 1. The molecular formula is C35H42ClN5O6S. The van der Waals surface area contributed by atoms with E-state index in [-0.39, 0.29) is 23.0 Å². The van der Waals surface area contributed by atoms with E-state index in [4.69, 9.17) is 16.3 Å². The number of rotatable bonds is 13. The van der Waals surface area contributed by atoms with Crippen LogP contribution in [0.4, 0.5) is 10.5 Å². The molecule has 1 heterocycles. The minimum atomic E-state index is -4.25. The van der Waals surface area contributed by atoms with Gasteiger partial charge in [-0.3, -0.25) is 9.36 Å². The van der Waals surface area contributed by atoms with Crippen LogP contribution in [0, 0.1) is 0 Å². The highest BCUT2D eigenvalue weighted by Gasteiger charge is 2.25. The van der Waals surface area contributed by atoms with Crippen LogP contribution in [0.3, 0.4) is 0 Å². The van der Waals surface area contributed by atoms with E-state index in [9.17, 15) is 22.8 Å². The lowest BCUT2D eigenvalue weighted by molar-refractivity contribution is -0.116. The number of nitrogens with zero attached hydrogens (tertiary/aromatic N) is 3. The summed E-state index contributed by atoms with van der Waals surface area (Å²) in [5, 5.41) is 7.83. The zero-order chi connectivity index (χ0) is 35.1. The van der Waals surface area contributed by atoms with Gasteiger partial charge in [-0.15, -0.1) is 5.10 Å². The molecule has 0 unspecified atom stereocenters. The molecule has 0 aliphatic carbocycles. The van der Waals surface area contributed by atoms with Crippen molar-refractivity contribution in [2.24, 2.45) is 0 Å². The van der Waals surface area contributed by atoms with E-state index in [0.29, 0.717) is 46.2 Å². The number of halogens is 1. The molecule has 0 aliphatic heterocycles. The number of anilines is 1. The highest BCUT2D eigenvalue weighted by molar-refractivity contribution is 7.90. The van der Waals surface area contributed by atoms with Crippen LogP contribution < -0.4 is 15.7 Å². The second-order valence-electron chi connectivity index (χ2n) is 12.4. The molecule has 256 valence electrons. The first-order chi connectivity index (χ1) is 22.7. The summed E-state index contributed by atoms with van der Waals surface area (Å²) < 4.78 is 36.3. The first-order valence-corrected chi connectivity index (χ1v) is 17.8. The molecule has 3 aromatic carbocycles. The van der Waals surface area contributed by atoms with Crippen molar-refractivity contribution in [3.05, 3.63) is 93.6 Å². The minimum absolute atomic E-state index is 0.0800. The largest absolute Gasteiger partial charge is 0.443 e. The van der Waals surface area contributed by atoms with Crippen LogP contribution >= 0.6 is 11.6 Å². The van der Waals surface area contributed by atoms with Crippen LogP contribution in [0.25, 0.3) is 16.8 Å². The zero-order valence-corrected chi connectivity index (χ0v) is 29.5. The van der Waals surface area contributed by atoms with Gasteiger partial charge in [-0.1, -0.05) is 80.8 Å². The third-order valence-corrected chi connectivity index (χ3v) is 9.00. The number of sulfonamides is 1. The van der Waals surface area contributed by atoms with Gasteiger partial charge in [0.1, 0.15) is 11.4 Å². The summed E-state index contributed by atoms with van der Waals surface area (Å²) in [5.41, 5.74) is 1.41. The Balaban J connectivity index is 1.63. The number of unbranched alkanes of at least 4 members (excludes halogenated alkanes) is 2. The summed E-state index contributed by atoms with van der Waals surface area (Å²) in [6, 6.07) is 18.5. The van der Waals surface area contributed by atoms with E-state index in [2.05, 4.69) is 17.3 Å². The number of benzene rings is 3. The van der Waals surface area contributed by atoms with Crippen molar-refractivity contribution < 1.29 is 22.7 Å². The lowest BCUT2D eigenvalue weighted by atomic mass is 10.0. The fourth-order valence-corrected chi connectivity index (χ4v) is 6.26. The summed E-state index contributed by atoms with van der Waals surface area (Å²) in [4.78, 5) is 38.3. The summed E-state index contributed by atoms with van der Waals surface area (Å²) in [7, 11) is -4.25. The Morgan fingerprint density at radius 3 is 2.31 bits per heavy atom. The van der Waals surface area contributed by atoms with Crippen molar-refractivity contribution in [2.45, 2.75) is 90.2 Å². The Bertz CT molecular complexity index is 1930. The second-order valence-corrected chi connectivity index (χ2v) is 14.5. The molecular weight excluding hydrogens is 654 g/mol. The van der Waals surface area contributed by atoms with Crippen molar-refractivity contribution in [3.8, 4) is 16.8 Å². The number of aromatic nitrogens is 3. The molecule has 0 radical (unpaired) electrons. The monoisotopic (exact) mass is 695 g/mol. The van der Waals surface area contributed by atoms with Crippen molar-refractivity contribution >= 4 is 39.3 Å². The number of hydrogen-bond donors (Lipinski definition) is 2. The predicted octanol–water partition coefficient (Wildman–Crippen LogP) is 7.09. The summed E-state index contributed by atoms with van der Waals surface area (Å²) in [6.45, 7) is 9.21. The smallest absolute Gasteiger partial charge is 0.421 e. The van der Waals surface area contributed by atoms with Crippen molar-refractivity contribution in [1.82, 2.24) is 19.1 Å². The van der Waals surface area contributed by atoms with Gasteiger partial charge in [-0.2, -0.15) is 4.68 Å². The molecule has 0 fully saturated rings. The van der Waals surface area contributed by atoms with E-state index in [1.165, 1.54) is 10.7 Å². The molecule has 0 atom stereocenters. The summed E-state index contributed by atoms with van der Waals surface area (Å²) in [5.74, 6) is 0.471. The van der Waals surface area contributed by atoms with E-state index in [1.807, 2.05) is 23.8 Å². The molecule has 2 N–H and O–H groups in total. The van der Waals surface area contributed by atoms with Crippen LogP contribution in [-0.4, -0.2) is 40.4 Å². The minimum Gasteiger partial charge on any atom is -0.443 e. The van der Waals surface area contributed by atoms with Gasteiger partial charge >= 0.3 is 11.8 Å². The number of aryl methyl sites for hydroxylation is 1. The van der Waals surface area contributed by atoms with Gasteiger partial charge in [-0.25, -0.2) is 22.7 Å². The number of hydrogen-bond acceptors (Lipinski definition) is 7. The average molecular weight is 696 g/mol. The fraction of sp³-hybridized carbons (Fsp3) is 0.371. The van der Waals surface area contributed by atoms with E-state index < -0.39 is 21.7 Å². The first-order valence-electron chi connectivity index (χ1n) is 15.9. The van der Waals surface area contributed by atoms with Gasteiger partial charge in [0.05, 0.1) is 22.2 Å². The Labute approximate surface area is 286 Å². The molecule has 2 amide bonds. The SMILES string of the molecule is CCCCC(=O)Nc1ccc(Cl)c(-n2nc(CCCC)n(Cc3ccc(-c4ccccc4S(=O)(=O)NC(=O)OC(C)(C)C)cc3)c2=O)c1. The quantitative estimate of drug-likeness (QED) is 0.152. The summed E-state index contributed by atoms with van der Waals surface area (Å²) in [6.07, 6.45) is 3.29. The molecule has 0 aliphatic rings. The topological polar surface area (TPSA) is 141 Å². The molecule has 0 bridgehead atoms. The van der Waals surface area contributed by atoms with E-state index >= 15 is 0 Å². The van der Waals surface area contributed by atoms with Crippen molar-refractivity contribution in [3.63, 3.8) is 0 Å². The highest BCUT2D eigenvalue weighted by atomic mass is 35.5. The Morgan fingerprint density at radius 2 is 1.65 bits per heavy atom. The number of carbonyl (C=O) groups excluding carboxylic acids is 2. The van der Waals surface area contributed by atoms with Crippen LogP contribution in [-0.2, 0) is 32.5 Å². The third-order valence-electron chi connectivity index (χ3n) is 7.31. The Hall–Kier alpha value is -4.42. The van der Waals surface area contributed by atoms with Gasteiger partial charge in [0, 0.05) is 24.1 Å². The van der Waals surface area contributed by atoms with Gasteiger partial charge in [0.15, 0.2) is 0 Å². The second kappa shape index (κ2) is 15.7. The fourth-order valence-electron chi connectivity index (χ4n) is 4.96. The molecule has 1 aromatic heterocycles. The average Bonchev–Trinajstić information content (AvgIpc) is 3.33. The summed E-state index contributed by atoms with van der Waals surface area (Å²) >= 11 is 6.53. The van der Waals surface area contributed by atoms with Gasteiger partial charge in [0.25, 0.3) is 10.0 Å². The van der Waals surface area contributed by atoms with Gasteiger partial charge in [0.2, 0.25) is 5.91 Å². The molecule has 0 spiro atoms. The molecule has 11 nitrogen and oxygen atoms in total. The molecule has 0 saturated carbocycles. The Morgan fingerprint density at radius 1 is 0.958 bits per heavy atom. The van der Waals surface area contributed by atoms with Crippen LogP contribution in [0.5, 0.6) is 0 Å². The van der Waals surface area contributed by atoms with E-state index in [0.717, 1.165) is 31.2 Å². The first kappa shape index (κ1) is 36.4. The lowest BCUT2D eigenvalue weighted by Crippen LogP contribution is -2.36. The van der Waals surface area contributed by atoms with Crippen LogP contribution in [0.2, 0.25) is 5.02 Å². The maximum atomic E-state index is 13.8. The number of amides is 2. The lowest BCUT2D eigenvalue weighted by Gasteiger charge is -2.20. The van der Waals surface area contributed by atoms with Gasteiger partial charge < -0.3 is 10.1 Å². The highest BCUT2D eigenvalue weighted by Crippen LogP contribution is 2.28.